The Morgan fingerprint density at radius 3 is 2.50 bits per heavy atom. The van der Waals surface area contributed by atoms with E-state index in [0.29, 0.717) is 19.4 Å². The number of rotatable bonds is 5. The fourth-order valence-electron chi connectivity index (χ4n) is 2.03. The highest BCUT2D eigenvalue weighted by Crippen LogP contribution is 2.21. The Labute approximate surface area is 131 Å². The van der Waals surface area contributed by atoms with E-state index in [-0.39, 0.29) is 13.2 Å². The third-order valence-corrected chi connectivity index (χ3v) is 3.59. The molecule has 0 aromatic rings. The van der Waals surface area contributed by atoms with E-state index in [4.69, 9.17) is 9.47 Å². The van der Waals surface area contributed by atoms with Crippen molar-refractivity contribution in [1.82, 2.24) is 9.62 Å². The molecule has 1 aliphatic heterocycles. The summed E-state index contributed by atoms with van der Waals surface area (Å²) in [4.78, 5) is 25.4. The van der Waals surface area contributed by atoms with Crippen molar-refractivity contribution in [2.24, 2.45) is 0 Å². The summed E-state index contributed by atoms with van der Waals surface area (Å²) in [6.45, 7) is 5.63. The average molecular weight is 336 g/mol. The van der Waals surface area contributed by atoms with E-state index < -0.39 is 33.7 Å². The highest BCUT2D eigenvalue weighted by Gasteiger charge is 2.37. The van der Waals surface area contributed by atoms with Gasteiger partial charge in [-0.15, -0.1) is 0 Å². The van der Waals surface area contributed by atoms with Crippen molar-refractivity contribution >= 4 is 22.1 Å². The number of nitrogens with one attached hydrogen (secondary N) is 1. The first-order valence-electron chi connectivity index (χ1n) is 7.10. The monoisotopic (exact) mass is 336 g/mol. The van der Waals surface area contributed by atoms with Gasteiger partial charge in [-0.1, -0.05) is 0 Å². The van der Waals surface area contributed by atoms with Crippen molar-refractivity contribution in [2.75, 3.05) is 26.0 Å². The second kappa shape index (κ2) is 7.28. The first-order valence-corrected chi connectivity index (χ1v) is 8.99. The quantitative estimate of drug-likeness (QED) is 0.579. The Hall–Kier alpha value is -1.35. The zero-order valence-corrected chi connectivity index (χ0v) is 14.2. The van der Waals surface area contributed by atoms with Gasteiger partial charge in [0.2, 0.25) is 10.0 Å². The minimum Gasteiger partial charge on any atom is -0.463 e. The Bertz CT molecular complexity index is 511. The number of sulfonamides is 1. The Morgan fingerprint density at radius 1 is 1.32 bits per heavy atom. The maximum Gasteiger partial charge on any atom is 0.411 e. The summed E-state index contributed by atoms with van der Waals surface area (Å²) in [5.74, 6) is -0.543. The highest BCUT2D eigenvalue weighted by atomic mass is 32.2. The lowest BCUT2D eigenvalue weighted by atomic mass is 10.2. The molecule has 1 aliphatic rings. The Morgan fingerprint density at radius 2 is 1.95 bits per heavy atom. The summed E-state index contributed by atoms with van der Waals surface area (Å²) in [6, 6.07) is -0.673. The highest BCUT2D eigenvalue weighted by molar-refractivity contribution is 7.88. The first-order chi connectivity index (χ1) is 9.99. The van der Waals surface area contributed by atoms with Crippen molar-refractivity contribution in [3.63, 3.8) is 0 Å². The smallest absolute Gasteiger partial charge is 0.411 e. The largest absolute Gasteiger partial charge is 0.463 e. The van der Waals surface area contributed by atoms with Gasteiger partial charge in [0.15, 0.2) is 0 Å². The van der Waals surface area contributed by atoms with Gasteiger partial charge >= 0.3 is 12.1 Å². The predicted molar refractivity (Wildman–Crippen MR) is 79.8 cm³/mol. The standard InChI is InChI=1S/C13H24N2O6S/c1-13(2,3)21-12(17)15-8-5-6-10(15)11(16)20-9-7-14-22(4,18)19/h10,14H,5-9H2,1-4H3. The molecule has 9 heteroatoms. The van der Waals surface area contributed by atoms with E-state index in [1.165, 1.54) is 4.90 Å². The fraction of sp³-hybridized carbons (Fsp3) is 0.846. The van der Waals surface area contributed by atoms with E-state index in [9.17, 15) is 18.0 Å². The molecule has 1 rings (SSSR count). The summed E-state index contributed by atoms with van der Waals surface area (Å²) in [5, 5.41) is 0. The summed E-state index contributed by atoms with van der Waals surface area (Å²) in [6.07, 6.45) is 1.69. The van der Waals surface area contributed by atoms with Crippen LogP contribution in [0, 0.1) is 0 Å². The molecule has 0 radical (unpaired) electrons. The second-order valence-electron chi connectivity index (χ2n) is 6.17. The van der Waals surface area contributed by atoms with Crippen LogP contribution in [-0.4, -0.2) is 63.0 Å². The summed E-state index contributed by atoms with van der Waals surface area (Å²) in [7, 11) is -3.31. The molecule has 1 amide bonds. The van der Waals surface area contributed by atoms with Crippen LogP contribution in [0.1, 0.15) is 33.6 Å². The molecule has 8 nitrogen and oxygen atoms in total. The van der Waals surface area contributed by atoms with E-state index >= 15 is 0 Å². The number of amides is 1. The predicted octanol–water partition coefficient (Wildman–Crippen LogP) is 0.478. The summed E-state index contributed by atoms with van der Waals surface area (Å²) < 4.78 is 34.3. The van der Waals surface area contributed by atoms with Gasteiger partial charge in [0, 0.05) is 13.1 Å². The minimum absolute atomic E-state index is 0.00370. The molecule has 1 unspecified atom stereocenters. The lowest BCUT2D eigenvalue weighted by molar-refractivity contribution is -0.148. The molecule has 0 aromatic heterocycles. The van der Waals surface area contributed by atoms with E-state index in [2.05, 4.69) is 4.72 Å². The topological polar surface area (TPSA) is 102 Å². The molecular formula is C13H24N2O6S. The van der Waals surface area contributed by atoms with Crippen LogP contribution in [0.2, 0.25) is 0 Å². The molecular weight excluding hydrogens is 312 g/mol. The van der Waals surface area contributed by atoms with Crippen molar-refractivity contribution in [1.29, 1.82) is 0 Å². The number of esters is 1. The van der Waals surface area contributed by atoms with Gasteiger partial charge in [0.1, 0.15) is 18.2 Å². The number of hydrogen-bond acceptors (Lipinski definition) is 6. The second-order valence-corrected chi connectivity index (χ2v) is 8.00. The number of nitrogens with zero attached hydrogens (tertiary/aromatic N) is 1. The van der Waals surface area contributed by atoms with Gasteiger partial charge in [-0.25, -0.2) is 22.7 Å². The van der Waals surface area contributed by atoms with Gasteiger partial charge in [0.05, 0.1) is 6.26 Å². The zero-order chi connectivity index (χ0) is 17.0. The van der Waals surface area contributed by atoms with Crippen LogP contribution in [0.4, 0.5) is 4.79 Å². The molecule has 1 fully saturated rings. The Kier molecular flexibility index (Phi) is 6.18. The minimum atomic E-state index is -3.31. The molecule has 1 N–H and O–H groups in total. The van der Waals surface area contributed by atoms with E-state index in [1.54, 1.807) is 20.8 Å². The van der Waals surface area contributed by atoms with Crippen LogP contribution in [0.15, 0.2) is 0 Å². The SMILES string of the molecule is CC(C)(C)OC(=O)N1CCCC1C(=O)OCCNS(C)(=O)=O. The van der Waals surface area contributed by atoms with Crippen LogP contribution in [0.3, 0.4) is 0 Å². The number of likely N-dealkylation sites (tertiary alicyclic amines) is 1. The third kappa shape index (κ3) is 6.61. The van der Waals surface area contributed by atoms with Gasteiger partial charge in [-0.2, -0.15) is 0 Å². The maximum atomic E-state index is 12.0. The molecule has 128 valence electrons. The Balaban J connectivity index is 2.48. The number of carbonyl (C=O) groups is 2. The van der Waals surface area contributed by atoms with Gasteiger partial charge in [-0.05, 0) is 33.6 Å². The molecule has 1 saturated heterocycles. The van der Waals surface area contributed by atoms with Gasteiger partial charge in [0.25, 0.3) is 0 Å². The van der Waals surface area contributed by atoms with E-state index in [0.717, 1.165) is 6.26 Å². The average Bonchev–Trinajstić information content (AvgIpc) is 2.80. The van der Waals surface area contributed by atoms with Gasteiger partial charge < -0.3 is 9.47 Å². The molecule has 22 heavy (non-hydrogen) atoms. The summed E-state index contributed by atoms with van der Waals surface area (Å²) >= 11 is 0. The molecule has 1 atom stereocenters. The van der Waals surface area contributed by atoms with Crippen LogP contribution in [0.5, 0.6) is 0 Å². The number of ether oxygens (including phenoxy) is 2. The normalized spacial score (nSPS) is 19.1. The van der Waals surface area contributed by atoms with Crippen LogP contribution in [-0.2, 0) is 24.3 Å². The van der Waals surface area contributed by atoms with Crippen molar-refractivity contribution in [3.05, 3.63) is 0 Å². The molecule has 0 saturated carbocycles. The number of carbonyl (C=O) groups excluding carboxylic acids is 2. The molecule has 0 aromatic carbocycles. The van der Waals surface area contributed by atoms with Crippen LogP contribution in [0.25, 0.3) is 0 Å². The maximum absolute atomic E-state index is 12.0. The van der Waals surface area contributed by atoms with Crippen molar-refractivity contribution in [3.8, 4) is 0 Å². The lowest BCUT2D eigenvalue weighted by Crippen LogP contribution is -2.44. The van der Waals surface area contributed by atoms with Crippen LogP contribution >= 0.6 is 0 Å². The first kappa shape index (κ1) is 18.7. The zero-order valence-electron chi connectivity index (χ0n) is 13.4. The summed E-state index contributed by atoms with van der Waals surface area (Å²) in [5.41, 5.74) is -0.631. The van der Waals surface area contributed by atoms with E-state index in [1.807, 2.05) is 0 Å². The molecule has 0 bridgehead atoms. The van der Waals surface area contributed by atoms with Gasteiger partial charge in [-0.3, -0.25) is 4.90 Å². The fourth-order valence-corrected chi connectivity index (χ4v) is 2.48. The molecule has 1 heterocycles. The van der Waals surface area contributed by atoms with Crippen molar-refractivity contribution in [2.45, 2.75) is 45.3 Å². The lowest BCUT2D eigenvalue weighted by Gasteiger charge is -2.27. The molecule has 0 aliphatic carbocycles. The number of hydrogen-bond donors (Lipinski definition) is 1. The van der Waals surface area contributed by atoms with Crippen LogP contribution < -0.4 is 4.72 Å². The third-order valence-electron chi connectivity index (χ3n) is 2.86. The van der Waals surface area contributed by atoms with Crippen molar-refractivity contribution < 1.29 is 27.5 Å². The molecule has 0 spiro atoms.